The van der Waals surface area contributed by atoms with E-state index in [0.29, 0.717) is 36.7 Å². The Balaban J connectivity index is 1.64. The van der Waals surface area contributed by atoms with Crippen LogP contribution in [0.15, 0.2) is 50.9 Å². The van der Waals surface area contributed by atoms with Crippen LogP contribution >= 0.6 is 11.6 Å². The molecule has 8 nitrogen and oxygen atoms in total. The molecule has 1 aliphatic heterocycles. The molecule has 31 heavy (non-hydrogen) atoms. The number of benzene rings is 2. The van der Waals surface area contributed by atoms with Gasteiger partial charge in [-0.15, -0.1) is 0 Å². The number of nitrogens with zero attached hydrogens (tertiary/aromatic N) is 4. The molecule has 4 rings (SSSR count). The molecular weight excluding hydrogens is 440 g/mol. The Labute approximate surface area is 184 Å². The quantitative estimate of drug-likeness (QED) is 0.591. The predicted molar refractivity (Wildman–Crippen MR) is 122 cm³/mol. The smallest absolute Gasteiger partial charge is 0.330 e. The maximum absolute atomic E-state index is 13.3. The molecule has 2 aromatic carbocycles. The molecule has 2 heterocycles. The topological polar surface area (TPSA) is 84.6 Å². The van der Waals surface area contributed by atoms with Gasteiger partial charge < -0.3 is 4.90 Å². The summed E-state index contributed by atoms with van der Waals surface area (Å²) in [4.78, 5) is 26.8. The van der Waals surface area contributed by atoms with Crippen LogP contribution in [0.1, 0.15) is 5.56 Å². The van der Waals surface area contributed by atoms with Gasteiger partial charge in [0.1, 0.15) is 0 Å². The third-order valence-corrected chi connectivity index (χ3v) is 7.96. The Hall–Kier alpha value is -2.62. The molecule has 0 atom stereocenters. The number of hydrogen-bond acceptors (Lipinski definition) is 5. The molecule has 10 heteroatoms. The molecular formula is C21H23ClN4O4S. The van der Waals surface area contributed by atoms with Crippen molar-refractivity contribution in [2.24, 2.45) is 14.1 Å². The molecule has 1 aliphatic rings. The summed E-state index contributed by atoms with van der Waals surface area (Å²) >= 11 is 6.13. The van der Waals surface area contributed by atoms with E-state index in [0.717, 1.165) is 15.8 Å². The zero-order valence-corrected chi connectivity index (χ0v) is 19.1. The van der Waals surface area contributed by atoms with E-state index in [1.807, 2.05) is 25.1 Å². The first-order valence-corrected chi connectivity index (χ1v) is 11.6. The highest BCUT2D eigenvalue weighted by molar-refractivity contribution is 7.89. The number of anilines is 1. The van der Waals surface area contributed by atoms with Crippen LogP contribution in [0.3, 0.4) is 0 Å². The number of halogens is 1. The first-order chi connectivity index (χ1) is 14.6. The standard InChI is InChI=1S/C21H23ClN4O4S/c1-14-4-5-15(22)12-19(14)25-8-10-26(11-9-25)31(29,30)16-6-7-18-17(13-16)20(27)24(3)21(28)23(18)2/h4-7,12-13H,8-11H2,1-3H3. The number of aryl methyl sites for hydroxylation is 2. The maximum atomic E-state index is 13.3. The fourth-order valence-corrected chi connectivity index (χ4v) is 5.59. The average Bonchev–Trinajstić information content (AvgIpc) is 2.77. The zero-order chi connectivity index (χ0) is 22.5. The van der Waals surface area contributed by atoms with Crippen molar-refractivity contribution in [3.8, 4) is 0 Å². The van der Waals surface area contributed by atoms with Crippen molar-refractivity contribution in [1.82, 2.24) is 13.4 Å². The summed E-state index contributed by atoms with van der Waals surface area (Å²) in [6.07, 6.45) is 0. The highest BCUT2D eigenvalue weighted by atomic mass is 35.5. The van der Waals surface area contributed by atoms with Crippen molar-refractivity contribution >= 4 is 38.2 Å². The lowest BCUT2D eigenvalue weighted by atomic mass is 10.1. The van der Waals surface area contributed by atoms with Gasteiger partial charge in [0.2, 0.25) is 10.0 Å². The second-order valence-electron chi connectivity index (χ2n) is 7.71. The van der Waals surface area contributed by atoms with Crippen molar-refractivity contribution in [3.63, 3.8) is 0 Å². The summed E-state index contributed by atoms with van der Waals surface area (Å²) in [5, 5.41) is 0.835. The van der Waals surface area contributed by atoms with Gasteiger partial charge in [-0.25, -0.2) is 13.2 Å². The third-order valence-electron chi connectivity index (χ3n) is 5.83. The molecule has 1 fully saturated rings. The molecule has 0 N–H and O–H groups in total. The van der Waals surface area contributed by atoms with E-state index in [1.165, 1.54) is 34.1 Å². The Morgan fingerprint density at radius 3 is 2.26 bits per heavy atom. The van der Waals surface area contributed by atoms with Crippen LogP contribution in [0, 0.1) is 6.92 Å². The summed E-state index contributed by atoms with van der Waals surface area (Å²) < 4.78 is 30.2. The number of aromatic nitrogens is 2. The number of piperazine rings is 1. The fraction of sp³-hybridized carbons (Fsp3) is 0.333. The molecule has 0 amide bonds. The van der Waals surface area contributed by atoms with Gasteiger partial charge in [-0.05, 0) is 42.8 Å². The minimum Gasteiger partial charge on any atom is -0.369 e. The molecule has 0 spiro atoms. The van der Waals surface area contributed by atoms with Gasteiger partial charge in [0.05, 0.1) is 15.8 Å². The van der Waals surface area contributed by atoms with Gasteiger partial charge in [0, 0.05) is 51.0 Å². The van der Waals surface area contributed by atoms with Crippen LogP contribution < -0.4 is 16.1 Å². The van der Waals surface area contributed by atoms with E-state index < -0.39 is 21.3 Å². The Morgan fingerprint density at radius 2 is 1.58 bits per heavy atom. The van der Waals surface area contributed by atoms with E-state index >= 15 is 0 Å². The second-order valence-corrected chi connectivity index (χ2v) is 10.1. The lowest BCUT2D eigenvalue weighted by Gasteiger charge is -2.36. The van der Waals surface area contributed by atoms with Crippen molar-refractivity contribution < 1.29 is 8.42 Å². The summed E-state index contributed by atoms with van der Waals surface area (Å²) in [5.41, 5.74) is 1.50. The van der Waals surface area contributed by atoms with E-state index in [1.54, 1.807) is 7.05 Å². The summed E-state index contributed by atoms with van der Waals surface area (Å²) in [5.74, 6) is 0. The highest BCUT2D eigenvalue weighted by Gasteiger charge is 2.29. The van der Waals surface area contributed by atoms with E-state index in [2.05, 4.69) is 4.90 Å². The van der Waals surface area contributed by atoms with E-state index in [-0.39, 0.29) is 10.3 Å². The van der Waals surface area contributed by atoms with Crippen LogP contribution in [0.25, 0.3) is 10.9 Å². The summed E-state index contributed by atoms with van der Waals surface area (Å²) in [7, 11) is -0.857. The Kier molecular flexibility index (Phi) is 5.45. The minimum atomic E-state index is -3.78. The molecule has 3 aromatic rings. The van der Waals surface area contributed by atoms with Crippen LogP contribution in [0.5, 0.6) is 0 Å². The van der Waals surface area contributed by atoms with Crippen LogP contribution in [0.2, 0.25) is 5.02 Å². The maximum Gasteiger partial charge on any atom is 0.330 e. The van der Waals surface area contributed by atoms with Crippen molar-refractivity contribution in [3.05, 3.63) is 67.8 Å². The lowest BCUT2D eigenvalue weighted by molar-refractivity contribution is 0.385. The lowest BCUT2D eigenvalue weighted by Crippen LogP contribution is -2.48. The van der Waals surface area contributed by atoms with Gasteiger partial charge in [-0.3, -0.25) is 13.9 Å². The Morgan fingerprint density at radius 1 is 0.903 bits per heavy atom. The van der Waals surface area contributed by atoms with Gasteiger partial charge >= 0.3 is 5.69 Å². The largest absolute Gasteiger partial charge is 0.369 e. The highest BCUT2D eigenvalue weighted by Crippen LogP contribution is 2.27. The molecule has 0 radical (unpaired) electrons. The fourth-order valence-electron chi connectivity index (χ4n) is 3.98. The van der Waals surface area contributed by atoms with Crippen molar-refractivity contribution in [2.45, 2.75) is 11.8 Å². The second kappa shape index (κ2) is 7.81. The van der Waals surface area contributed by atoms with Gasteiger partial charge in [0.25, 0.3) is 5.56 Å². The predicted octanol–water partition coefficient (Wildman–Crippen LogP) is 1.71. The van der Waals surface area contributed by atoms with Crippen LogP contribution in [0.4, 0.5) is 5.69 Å². The molecule has 0 bridgehead atoms. The summed E-state index contributed by atoms with van der Waals surface area (Å²) in [6.45, 7) is 3.70. The third kappa shape index (κ3) is 3.66. The molecule has 1 aromatic heterocycles. The Bertz CT molecular complexity index is 1400. The van der Waals surface area contributed by atoms with Crippen LogP contribution in [-0.4, -0.2) is 48.0 Å². The van der Waals surface area contributed by atoms with Gasteiger partial charge in [-0.1, -0.05) is 17.7 Å². The minimum absolute atomic E-state index is 0.0446. The zero-order valence-electron chi connectivity index (χ0n) is 17.5. The normalized spacial score (nSPS) is 15.5. The summed E-state index contributed by atoms with van der Waals surface area (Å²) in [6, 6.07) is 10.00. The first kappa shape index (κ1) is 21.6. The van der Waals surface area contributed by atoms with E-state index in [9.17, 15) is 18.0 Å². The molecule has 164 valence electrons. The van der Waals surface area contributed by atoms with E-state index in [4.69, 9.17) is 11.6 Å². The van der Waals surface area contributed by atoms with Gasteiger partial charge in [0.15, 0.2) is 0 Å². The number of fused-ring (bicyclic) bond motifs is 1. The SMILES string of the molecule is Cc1ccc(Cl)cc1N1CCN(S(=O)(=O)c2ccc3c(c2)c(=O)n(C)c(=O)n3C)CC1. The van der Waals surface area contributed by atoms with Crippen LogP contribution in [-0.2, 0) is 24.1 Å². The molecule has 1 saturated heterocycles. The number of hydrogen-bond donors (Lipinski definition) is 0. The first-order valence-electron chi connectivity index (χ1n) is 9.82. The monoisotopic (exact) mass is 462 g/mol. The number of rotatable bonds is 3. The van der Waals surface area contributed by atoms with Gasteiger partial charge in [-0.2, -0.15) is 4.31 Å². The molecule has 0 aliphatic carbocycles. The average molecular weight is 463 g/mol. The number of sulfonamides is 1. The van der Waals surface area contributed by atoms with Crippen molar-refractivity contribution in [2.75, 3.05) is 31.1 Å². The molecule has 0 unspecified atom stereocenters. The molecule has 0 saturated carbocycles. The van der Waals surface area contributed by atoms with Crippen molar-refractivity contribution in [1.29, 1.82) is 0 Å².